The van der Waals surface area contributed by atoms with E-state index in [1.165, 1.54) is 5.56 Å². The molecule has 2 heterocycles. The zero-order valence-electron chi connectivity index (χ0n) is 18.5. The van der Waals surface area contributed by atoms with Gasteiger partial charge in [0.15, 0.2) is 0 Å². The van der Waals surface area contributed by atoms with E-state index in [9.17, 15) is 9.90 Å². The van der Waals surface area contributed by atoms with Gasteiger partial charge in [0.05, 0.1) is 13.2 Å². The monoisotopic (exact) mass is 419 g/mol. The Balaban J connectivity index is 1.53. The molecule has 7 heteroatoms. The van der Waals surface area contributed by atoms with E-state index in [1.54, 1.807) is 0 Å². The second-order valence-corrected chi connectivity index (χ2v) is 8.13. The molecule has 2 fully saturated rings. The molecule has 0 aliphatic carbocycles. The summed E-state index contributed by atoms with van der Waals surface area (Å²) in [4.78, 5) is 18.8. The quantitative estimate of drug-likeness (QED) is 0.699. The van der Waals surface area contributed by atoms with Gasteiger partial charge >= 0.3 is 6.09 Å². The third kappa shape index (κ3) is 6.09. The van der Waals surface area contributed by atoms with Crippen LogP contribution in [0.25, 0.3) is 0 Å². The third-order valence-electron chi connectivity index (χ3n) is 6.23. The van der Waals surface area contributed by atoms with Gasteiger partial charge in [0.25, 0.3) is 0 Å². The molecule has 2 saturated heterocycles. The van der Waals surface area contributed by atoms with Crippen molar-refractivity contribution in [2.45, 2.75) is 51.7 Å². The highest BCUT2D eigenvalue weighted by Crippen LogP contribution is 2.24. The molecule has 2 aliphatic rings. The van der Waals surface area contributed by atoms with Crippen LogP contribution in [-0.2, 0) is 11.3 Å². The van der Waals surface area contributed by atoms with Crippen LogP contribution in [-0.4, -0.2) is 90.5 Å². The lowest BCUT2D eigenvalue weighted by atomic mass is 9.99. The molecular formula is C23H37N3O4. The van der Waals surface area contributed by atoms with Crippen molar-refractivity contribution in [1.29, 1.82) is 0 Å². The number of piperidine rings is 1. The van der Waals surface area contributed by atoms with Gasteiger partial charge in [0.2, 0.25) is 0 Å². The minimum Gasteiger partial charge on any atom is -0.494 e. The van der Waals surface area contributed by atoms with Crippen LogP contribution in [0.4, 0.5) is 4.79 Å². The maximum atomic E-state index is 11.9. The number of carbonyl (C=O) groups excluding carboxylic acids is 1. The molecule has 1 aromatic carbocycles. The maximum Gasteiger partial charge on any atom is 0.409 e. The highest BCUT2D eigenvalue weighted by Gasteiger charge is 2.33. The number of benzene rings is 1. The Hall–Kier alpha value is -1.83. The number of aliphatic hydroxyl groups excluding tert-OH is 1. The Morgan fingerprint density at radius 2 is 1.80 bits per heavy atom. The fraction of sp³-hybridized carbons (Fsp3) is 0.696. The summed E-state index contributed by atoms with van der Waals surface area (Å²) in [5, 5.41) is 9.62. The Labute approximate surface area is 180 Å². The van der Waals surface area contributed by atoms with Crippen molar-refractivity contribution in [3.63, 3.8) is 0 Å². The lowest BCUT2D eigenvalue weighted by molar-refractivity contribution is 0.0121. The zero-order chi connectivity index (χ0) is 21.3. The zero-order valence-corrected chi connectivity index (χ0v) is 18.5. The van der Waals surface area contributed by atoms with Gasteiger partial charge in [-0.2, -0.15) is 0 Å². The first kappa shape index (κ1) is 22.8. The molecule has 1 atom stereocenters. The number of carbonyl (C=O) groups is 1. The number of ether oxygens (including phenoxy) is 2. The first-order valence-corrected chi connectivity index (χ1v) is 11.4. The molecule has 0 aromatic heterocycles. The summed E-state index contributed by atoms with van der Waals surface area (Å²) in [7, 11) is 0. The lowest BCUT2D eigenvalue weighted by Gasteiger charge is -2.46. The van der Waals surface area contributed by atoms with Crippen molar-refractivity contribution in [1.82, 2.24) is 14.7 Å². The van der Waals surface area contributed by atoms with Gasteiger partial charge in [-0.3, -0.25) is 9.80 Å². The number of hydrogen-bond acceptors (Lipinski definition) is 6. The van der Waals surface area contributed by atoms with E-state index in [4.69, 9.17) is 9.47 Å². The molecule has 0 bridgehead atoms. The van der Waals surface area contributed by atoms with Gasteiger partial charge in [-0.1, -0.05) is 12.1 Å². The first-order valence-electron chi connectivity index (χ1n) is 11.4. The predicted octanol–water partition coefficient (Wildman–Crippen LogP) is 2.57. The number of likely N-dealkylation sites (tertiary alicyclic amines) is 1. The molecule has 0 radical (unpaired) electrons. The minimum absolute atomic E-state index is 0.186. The molecule has 30 heavy (non-hydrogen) atoms. The second-order valence-electron chi connectivity index (χ2n) is 8.13. The molecule has 1 amide bonds. The van der Waals surface area contributed by atoms with Gasteiger partial charge in [0.1, 0.15) is 5.75 Å². The van der Waals surface area contributed by atoms with Crippen LogP contribution in [0.15, 0.2) is 24.3 Å². The van der Waals surface area contributed by atoms with E-state index in [0.29, 0.717) is 25.3 Å². The first-order chi connectivity index (χ1) is 14.6. The van der Waals surface area contributed by atoms with Crippen molar-refractivity contribution >= 4 is 6.09 Å². The SMILES string of the molecule is CCOC(=O)N1CCC(N2CCN(Cc3ccc(OCC)cc3)C(CCO)C2)CC1. The van der Waals surface area contributed by atoms with Crippen molar-refractivity contribution < 1.29 is 19.4 Å². The van der Waals surface area contributed by atoms with Crippen LogP contribution in [0, 0.1) is 0 Å². The van der Waals surface area contributed by atoms with Crippen LogP contribution in [0.3, 0.4) is 0 Å². The van der Waals surface area contributed by atoms with Gasteiger partial charge in [-0.25, -0.2) is 4.79 Å². The van der Waals surface area contributed by atoms with E-state index >= 15 is 0 Å². The second kappa shape index (κ2) is 11.5. The average molecular weight is 420 g/mol. The average Bonchev–Trinajstić information content (AvgIpc) is 2.77. The normalized spacial score (nSPS) is 21.6. The van der Waals surface area contributed by atoms with Crippen LogP contribution < -0.4 is 4.74 Å². The number of hydrogen-bond donors (Lipinski definition) is 1. The number of amides is 1. The van der Waals surface area contributed by atoms with Crippen LogP contribution in [0.1, 0.15) is 38.7 Å². The summed E-state index contributed by atoms with van der Waals surface area (Å²) in [5.41, 5.74) is 1.28. The Kier molecular flexibility index (Phi) is 8.78. The molecule has 3 rings (SSSR count). The molecule has 168 valence electrons. The molecule has 1 N–H and O–H groups in total. The van der Waals surface area contributed by atoms with Crippen LogP contribution >= 0.6 is 0 Å². The van der Waals surface area contributed by atoms with Gasteiger partial charge in [0, 0.05) is 58.0 Å². The third-order valence-corrected chi connectivity index (χ3v) is 6.23. The highest BCUT2D eigenvalue weighted by atomic mass is 16.6. The molecular weight excluding hydrogens is 382 g/mol. The molecule has 0 spiro atoms. The van der Waals surface area contributed by atoms with E-state index in [-0.39, 0.29) is 12.7 Å². The Morgan fingerprint density at radius 3 is 2.43 bits per heavy atom. The molecule has 7 nitrogen and oxygen atoms in total. The molecule has 1 unspecified atom stereocenters. The number of aliphatic hydroxyl groups is 1. The van der Waals surface area contributed by atoms with Gasteiger partial charge in [-0.15, -0.1) is 0 Å². The fourth-order valence-corrected chi connectivity index (χ4v) is 4.60. The lowest BCUT2D eigenvalue weighted by Crippen LogP contribution is -2.57. The van der Waals surface area contributed by atoms with Crippen molar-refractivity contribution in [2.75, 3.05) is 52.5 Å². The summed E-state index contributed by atoms with van der Waals surface area (Å²) in [5.74, 6) is 0.909. The summed E-state index contributed by atoms with van der Waals surface area (Å²) < 4.78 is 10.7. The Morgan fingerprint density at radius 1 is 1.07 bits per heavy atom. The van der Waals surface area contributed by atoms with Crippen molar-refractivity contribution in [3.05, 3.63) is 29.8 Å². The fourth-order valence-electron chi connectivity index (χ4n) is 4.60. The minimum atomic E-state index is -0.186. The van der Waals surface area contributed by atoms with E-state index in [2.05, 4.69) is 21.9 Å². The molecule has 0 saturated carbocycles. The van der Waals surface area contributed by atoms with E-state index < -0.39 is 0 Å². The summed E-state index contributed by atoms with van der Waals surface area (Å²) >= 11 is 0. The van der Waals surface area contributed by atoms with Gasteiger partial charge < -0.3 is 19.5 Å². The summed E-state index contributed by atoms with van der Waals surface area (Å²) in [6.07, 6.45) is 2.58. The van der Waals surface area contributed by atoms with Crippen LogP contribution in [0.5, 0.6) is 5.75 Å². The van der Waals surface area contributed by atoms with Crippen LogP contribution in [0.2, 0.25) is 0 Å². The van der Waals surface area contributed by atoms with Crippen molar-refractivity contribution in [3.8, 4) is 5.75 Å². The number of piperazine rings is 1. The van der Waals surface area contributed by atoms with Gasteiger partial charge in [-0.05, 0) is 50.8 Å². The molecule has 1 aromatic rings. The topological polar surface area (TPSA) is 65.5 Å². The standard InChI is InChI=1S/C23H37N3O4/c1-3-29-22-7-5-19(6-8-22)17-25-14-15-26(18-21(25)11-16-27)20-9-12-24(13-10-20)23(28)30-4-2/h5-8,20-21,27H,3-4,9-18H2,1-2H3. The van der Waals surface area contributed by atoms with E-state index in [1.807, 2.05) is 30.9 Å². The summed E-state index contributed by atoms with van der Waals surface area (Å²) in [6.45, 7) is 10.6. The molecule has 2 aliphatic heterocycles. The Bertz CT molecular complexity index is 646. The van der Waals surface area contributed by atoms with Crippen molar-refractivity contribution in [2.24, 2.45) is 0 Å². The smallest absolute Gasteiger partial charge is 0.409 e. The number of nitrogens with zero attached hydrogens (tertiary/aromatic N) is 3. The largest absolute Gasteiger partial charge is 0.494 e. The maximum absolute atomic E-state index is 11.9. The predicted molar refractivity (Wildman–Crippen MR) is 117 cm³/mol. The number of rotatable bonds is 8. The van der Waals surface area contributed by atoms with E-state index in [0.717, 1.165) is 64.3 Å². The summed E-state index contributed by atoms with van der Waals surface area (Å²) in [6, 6.07) is 9.20. The highest BCUT2D eigenvalue weighted by molar-refractivity contribution is 5.67.